The summed E-state index contributed by atoms with van der Waals surface area (Å²) in [6.45, 7) is 4.14. The van der Waals surface area contributed by atoms with Crippen LogP contribution in [0.15, 0.2) is 18.2 Å². The maximum atomic E-state index is 5.93. The van der Waals surface area contributed by atoms with E-state index in [1.165, 1.54) is 0 Å². The SMILES string of the molecule is COc1ccc2c(c1)OC(C)(C)CC2OC. The van der Waals surface area contributed by atoms with Gasteiger partial charge in [0, 0.05) is 25.2 Å². The summed E-state index contributed by atoms with van der Waals surface area (Å²) in [6, 6.07) is 5.87. The van der Waals surface area contributed by atoms with Gasteiger partial charge < -0.3 is 14.2 Å². The van der Waals surface area contributed by atoms with E-state index in [1.54, 1.807) is 14.2 Å². The Morgan fingerprint density at radius 1 is 1.31 bits per heavy atom. The lowest BCUT2D eigenvalue weighted by Gasteiger charge is -2.37. The topological polar surface area (TPSA) is 27.7 Å². The minimum Gasteiger partial charge on any atom is -0.497 e. The predicted molar refractivity (Wildman–Crippen MR) is 62.1 cm³/mol. The lowest BCUT2D eigenvalue weighted by atomic mass is 9.91. The fraction of sp³-hybridized carbons (Fsp3) is 0.538. The minimum absolute atomic E-state index is 0.102. The molecule has 0 saturated heterocycles. The lowest BCUT2D eigenvalue weighted by molar-refractivity contribution is -0.0110. The summed E-state index contributed by atoms with van der Waals surface area (Å²) in [5.41, 5.74) is 0.905. The fourth-order valence-electron chi connectivity index (χ4n) is 2.10. The highest BCUT2D eigenvalue weighted by Crippen LogP contribution is 2.42. The van der Waals surface area contributed by atoms with Crippen LogP contribution in [0.25, 0.3) is 0 Å². The number of hydrogen-bond acceptors (Lipinski definition) is 3. The molecule has 0 aromatic heterocycles. The summed E-state index contributed by atoms with van der Waals surface area (Å²) < 4.78 is 16.6. The summed E-state index contributed by atoms with van der Waals surface area (Å²) >= 11 is 0. The molecule has 0 amide bonds. The van der Waals surface area contributed by atoms with E-state index >= 15 is 0 Å². The molecule has 1 aromatic carbocycles. The smallest absolute Gasteiger partial charge is 0.129 e. The molecule has 3 heteroatoms. The summed E-state index contributed by atoms with van der Waals surface area (Å²) in [5.74, 6) is 1.67. The lowest BCUT2D eigenvalue weighted by Crippen LogP contribution is -2.35. The van der Waals surface area contributed by atoms with Crippen molar-refractivity contribution in [3.63, 3.8) is 0 Å². The number of fused-ring (bicyclic) bond motifs is 1. The molecule has 1 aromatic rings. The van der Waals surface area contributed by atoms with E-state index < -0.39 is 0 Å². The van der Waals surface area contributed by atoms with Crippen LogP contribution in [0.4, 0.5) is 0 Å². The molecule has 1 heterocycles. The van der Waals surface area contributed by atoms with Gasteiger partial charge in [-0.25, -0.2) is 0 Å². The van der Waals surface area contributed by atoms with Crippen molar-refractivity contribution in [2.24, 2.45) is 0 Å². The van der Waals surface area contributed by atoms with Gasteiger partial charge in [0.05, 0.1) is 13.2 Å². The molecule has 0 bridgehead atoms. The van der Waals surface area contributed by atoms with Crippen LogP contribution in [0.3, 0.4) is 0 Å². The van der Waals surface area contributed by atoms with Gasteiger partial charge in [-0.1, -0.05) is 0 Å². The first-order valence-corrected chi connectivity index (χ1v) is 5.45. The van der Waals surface area contributed by atoms with Crippen molar-refractivity contribution in [2.45, 2.75) is 32.0 Å². The Labute approximate surface area is 96.3 Å². The highest BCUT2D eigenvalue weighted by molar-refractivity contribution is 5.43. The van der Waals surface area contributed by atoms with Gasteiger partial charge >= 0.3 is 0 Å². The first kappa shape index (κ1) is 11.3. The summed E-state index contributed by atoms with van der Waals surface area (Å²) in [6.07, 6.45) is 0.965. The van der Waals surface area contributed by atoms with E-state index in [9.17, 15) is 0 Å². The molecule has 0 radical (unpaired) electrons. The van der Waals surface area contributed by atoms with Crippen LogP contribution >= 0.6 is 0 Å². The molecule has 1 unspecified atom stereocenters. The number of ether oxygens (including phenoxy) is 3. The van der Waals surface area contributed by atoms with Crippen LogP contribution in [0.5, 0.6) is 11.5 Å². The van der Waals surface area contributed by atoms with Gasteiger partial charge in [-0.05, 0) is 26.0 Å². The van der Waals surface area contributed by atoms with Crippen molar-refractivity contribution in [3.05, 3.63) is 23.8 Å². The Balaban J connectivity index is 2.42. The van der Waals surface area contributed by atoms with Crippen molar-refractivity contribution in [1.82, 2.24) is 0 Å². The molecule has 0 fully saturated rings. The number of benzene rings is 1. The monoisotopic (exact) mass is 222 g/mol. The molecule has 0 saturated carbocycles. The van der Waals surface area contributed by atoms with Gasteiger partial charge in [0.25, 0.3) is 0 Å². The van der Waals surface area contributed by atoms with Crippen molar-refractivity contribution >= 4 is 0 Å². The van der Waals surface area contributed by atoms with E-state index in [4.69, 9.17) is 14.2 Å². The van der Waals surface area contributed by atoms with Crippen molar-refractivity contribution in [1.29, 1.82) is 0 Å². The van der Waals surface area contributed by atoms with Gasteiger partial charge in [0.15, 0.2) is 0 Å². The standard InChI is InChI=1S/C13H18O3/c1-13(2)8-12(15-4)10-6-5-9(14-3)7-11(10)16-13/h5-7,12H,8H2,1-4H3. The van der Waals surface area contributed by atoms with Crippen LogP contribution in [0.2, 0.25) is 0 Å². The Morgan fingerprint density at radius 3 is 2.69 bits per heavy atom. The first-order valence-electron chi connectivity index (χ1n) is 5.45. The molecule has 1 aliphatic heterocycles. The molecular weight excluding hydrogens is 204 g/mol. The van der Waals surface area contributed by atoms with Crippen molar-refractivity contribution < 1.29 is 14.2 Å². The number of methoxy groups -OCH3 is 2. The summed E-state index contributed by atoms with van der Waals surface area (Å²) in [7, 11) is 3.39. The van der Waals surface area contributed by atoms with E-state index in [0.717, 1.165) is 23.5 Å². The largest absolute Gasteiger partial charge is 0.497 e. The average molecular weight is 222 g/mol. The average Bonchev–Trinajstić information content (AvgIpc) is 2.25. The summed E-state index contributed by atoms with van der Waals surface area (Å²) in [5, 5.41) is 0. The van der Waals surface area contributed by atoms with E-state index in [0.29, 0.717) is 0 Å². The Morgan fingerprint density at radius 2 is 2.06 bits per heavy atom. The summed E-state index contributed by atoms with van der Waals surface area (Å²) in [4.78, 5) is 0. The second kappa shape index (κ2) is 3.98. The van der Waals surface area contributed by atoms with Gasteiger partial charge in [0.1, 0.15) is 17.1 Å². The maximum absolute atomic E-state index is 5.93. The molecule has 16 heavy (non-hydrogen) atoms. The third kappa shape index (κ3) is 2.00. The van der Waals surface area contributed by atoms with Crippen molar-refractivity contribution in [3.8, 4) is 11.5 Å². The normalized spacial score (nSPS) is 22.1. The Hall–Kier alpha value is -1.22. The minimum atomic E-state index is -0.194. The zero-order valence-corrected chi connectivity index (χ0v) is 10.2. The molecular formula is C13H18O3. The van der Waals surface area contributed by atoms with E-state index in [1.807, 2.05) is 18.2 Å². The maximum Gasteiger partial charge on any atom is 0.129 e. The number of rotatable bonds is 2. The Kier molecular flexibility index (Phi) is 2.80. The third-order valence-corrected chi connectivity index (χ3v) is 2.92. The van der Waals surface area contributed by atoms with E-state index in [-0.39, 0.29) is 11.7 Å². The highest BCUT2D eigenvalue weighted by atomic mass is 16.5. The molecule has 0 N–H and O–H groups in total. The van der Waals surface area contributed by atoms with Gasteiger partial charge in [-0.2, -0.15) is 0 Å². The predicted octanol–water partition coefficient (Wildman–Crippen LogP) is 2.94. The van der Waals surface area contributed by atoms with Crippen LogP contribution in [-0.2, 0) is 4.74 Å². The zero-order chi connectivity index (χ0) is 11.8. The molecule has 3 nitrogen and oxygen atoms in total. The van der Waals surface area contributed by atoms with Crippen molar-refractivity contribution in [2.75, 3.05) is 14.2 Å². The Bertz CT molecular complexity index is 385. The molecule has 0 spiro atoms. The van der Waals surface area contributed by atoms with Crippen LogP contribution in [0, 0.1) is 0 Å². The molecule has 2 rings (SSSR count). The molecule has 1 atom stereocenters. The highest BCUT2D eigenvalue weighted by Gasteiger charge is 2.33. The second-order valence-corrected chi connectivity index (χ2v) is 4.69. The van der Waals surface area contributed by atoms with Crippen LogP contribution < -0.4 is 9.47 Å². The third-order valence-electron chi connectivity index (χ3n) is 2.92. The second-order valence-electron chi connectivity index (χ2n) is 4.69. The number of hydrogen-bond donors (Lipinski definition) is 0. The molecule has 0 aliphatic carbocycles. The van der Waals surface area contributed by atoms with Crippen LogP contribution in [0.1, 0.15) is 31.9 Å². The van der Waals surface area contributed by atoms with Crippen LogP contribution in [-0.4, -0.2) is 19.8 Å². The molecule has 88 valence electrons. The van der Waals surface area contributed by atoms with Gasteiger partial charge in [-0.3, -0.25) is 0 Å². The van der Waals surface area contributed by atoms with E-state index in [2.05, 4.69) is 13.8 Å². The molecule has 1 aliphatic rings. The quantitative estimate of drug-likeness (QED) is 0.770. The fourth-order valence-corrected chi connectivity index (χ4v) is 2.10. The first-order chi connectivity index (χ1) is 7.55. The zero-order valence-electron chi connectivity index (χ0n) is 10.2. The van der Waals surface area contributed by atoms with Gasteiger partial charge in [0.2, 0.25) is 0 Å². The van der Waals surface area contributed by atoms with Gasteiger partial charge in [-0.15, -0.1) is 0 Å².